The third-order valence-corrected chi connectivity index (χ3v) is 2.41. The van der Waals surface area contributed by atoms with Gasteiger partial charge in [-0.15, -0.1) is 0 Å². The first-order valence-corrected chi connectivity index (χ1v) is 5.06. The van der Waals surface area contributed by atoms with Gasteiger partial charge < -0.3 is 11.1 Å². The van der Waals surface area contributed by atoms with Crippen molar-refractivity contribution in [2.75, 3.05) is 13.1 Å². The highest BCUT2D eigenvalue weighted by atomic mass is 35.5. The fourth-order valence-corrected chi connectivity index (χ4v) is 1.58. The molecule has 1 aromatic carbocycles. The Morgan fingerprint density at radius 1 is 1.31 bits per heavy atom. The summed E-state index contributed by atoms with van der Waals surface area (Å²) in [5.41, 5.74) is 5.99. The van der Waals surface area contributed by atoms with E-state index in [2.05, 4.69) is 5.32 Å². The molecule has 0 aliphatic heterocycles. The van der Waals surface area contributed by atoms with Crippen LogP contribution in [0.1, 0.15) is 11.6 Å². The molecule has 2 nitrogen and oxygen atoms in total. The minimum absolute atomic E-state index is 0.0554. The second kappa shape index (κ2) is 5.52. The van der Waals surface area contributed by atoms with E-state index in [-0.39, 0.29) is 6.54 Å². The van der Waals surface area contributed by atoms with Crippen LogP contribution in [0, 0.1) is 0 Å². The Hall–Kier alpha value is -0.780. The van der Waals surface area contributed by atoms with Crippen LogP contribution in [0.5, 0.6) is 0 Å². The third kappa shape index (κ3) is 4.00. The van der Waals surface area contributed by atoms with Crippen molar-refractivity contribution in [3.8, 4) is 0 Å². The molecule has 1 aromatic rings. The Morgan fingerprint density at radius 2 is 1.94 bits per heavy atom. The van der Waals surface area contributed by atoms with Gasteiger partial charge in [0.1, 0.15) is 0 Å². The Kier molecular flexibility index (Phi) is 4.58. The number of hydrogen-bond acceptors (Lipinski definition) is 2. The van der Waals surface area contributed by atoms with Crippen LogP contribution < -0.4 is 11.1 Å². The molecule has 0 saturated carbocycles. The number of nitrogens with two attached hydrogens (primary N) is 1. The number of nitrogens with one attached hydrogen (secondary N) is 1. The highest BCUT2D eigenvalue weighted by Crippen LogP contribution is 2.23. The van der Waals surface area contributed by atoms with E-state index < -0.39 is 18.8 Å². The molecule has 90 valence electrons. The maximum atomic E-state index is 12.0. The fraction of sp³-hybridized carbons (Fsp3) is 0.400. The predicted molar refractivity (Wildman–Crippen MR) is 57.3 cm³/mol. The standard InChI is InChI=1S/C10H12ClF3N2/c11-8-4-2-1-3-7(8)9(5-15)16-6-10(12,13)14/h1-4,9,16H,5-6,15H2. The molecule has 1 atom stereocenters. The molecule has 0 aromatic heterocycles. The van der Waals surface area contributed by atoms with Gasteiger partial charge in [-0.25, -0.2) is 0 Å². The van der Waals surface area contributed by atoms with Gasteiger partial charge in [-0.2, -0.15) is 13.2 Å². The topological polar surface area (TPSA) is 38.0 Å². The van der Waals surface area contributed by atoms with E-state index in [1.807, 2.05) is 0 Å². The summed E-state index contributed by atoms with van der Waals surface area (Å²) in [4.78, 5) is 0. The minimum Gasteiger partial charge on any atom is -0.329 e. The smallest absolute Gasteiger partial charge is 0.329 e. The van der Waals surface area contributed by atoms with Crippen LogP contribution in [-0.4, -0.2) is 19.3 Å². The average Bonchev–Trinajstić information content (AvgIpc) is 2.20. The molecule has 0 spiro atoms. The van der Waals surface area contributed by atoms with Crippen molar-refractivity contribution < 1.29 is 13.2 Å². The number of rotatable bonds is 4. The second-order valence-corrected chi connectivity index (χ2v) is 3.71. The summed E-state index contributed by atoms with van der Waals surface area (Å²) in [6.45, 7) is -1.03. The number of alkyl halides is 3. The molecule has 0 aliphatic rings. The van der Waals surface area contributed by atoms with E-state index in [9.17, 15) is 13.2 Å². The van der Waals surface area contributed by atoms with Crippen molar-refractivity contribution in [1.82, 2.24) is 5.32 Å². The SMILES string of the molecule is NCC(NCC(F)(F)F)c1ccccc1Cl. The molecule has 16 heavy (non-hydrogen) atoms. The van der Waals surface area contributed by atoms with Gasteiger partial charge >= 0.3 is 6.18 Å². The molecule has 0 aliphatic carbocycles. The lowest BCUT2D eigenvalue weighted by molar-refractivity contribution is -0.126. The Balaban J connectivity index is 2.72. The largest absolute Gasteiger partial charge is 0.401 e. The zero-order valence-electron chi connectivity index (χ0n) is 8.39. The van der Waals surface area contributed by atoms with Crippen LogP contribution in [0.15, 0.2) is 24.3 Å². The van der Waals surface area contributed by atoms with Gasteiger partial charge in [-0.3, -0.25) is 0 Å². The van der Waals surface area contributed by atoms with Crippen LogP contribution >= 0.6 is 11.6 Å². The Morgan fingerprint density at radius 3 is 2.44 bits per heavy atom. The molecule has 3 N–H and O–H groups in total. The Labute approximate surface area is 96.6 Å². The van der Waals surface area contributed by atoms with E-state index in [4.69, 9.17) is 17.3 Å². The summed E-state index contributed by atoms with van der Waals surface area (Å²) in [6, 6.07) is 6.11. The summed E-state index contributed by atoms with van der Waals surface area (Å²) in [5.74, 6) is 0. The molecular weight excluding hydrogens is 241 g/mol. The minimum atomic E-state index is -4.26. The van der Waals surface area contributed by atoms with Crippen LogP contribution in [0.2, 0.25) is 5.02 Å². The van der Waals surface area contributed by atoms with Crippen molar-refractivity contribution in [1.29, 1.82) is 0 Å². The lowest BCUT2D eigenvalue weighted by Crippen LogP contribution is -2.35. The monoisotopic (exact) mass is 252 g/mol. The van der Waals surface area contributed by atoms with Crippen molar-refractivity contribution in [2.24, 2.45) is 5.73 Å². The number of halogens is 4. The zero-order valence-corrected chi connectivity index (χ0v) is 9.15. The van der Waals surface area contributed by atoms with Crippen molar-refractivity contribution >= 4 is 11.6 Å². The van der Waals surface area contributed by atoms with E-state index in [0.29, 0.717) is 10.6 Å². The number of benzene rings is 1. The number of hydrogen-bond donors (Lipinski definition) is 2. The highest BCUT2D eigenvalue weighted by Gasteiger charge is 2.28. The zero-order chi connectivity index (χ0) is 12.2. The summed E-state index contributed by atoms with van der Waals surface area (Å²) < 4.78 is 36.1. The molecule has 1 unspecified atom stereocenters. The summed E-state index contributed by atoms with van der Waals surface area (Å²) in [7, 11) is 0. The maximum absolute atomic E-state index is 12.0. The van der Waals surface area contributed by atoms with Gasteiger partial charge in [-0.05, 0) is 11.6 Å². The van der Waals surface area contributed by atoms with Gasteiger partial charge in [0.15, 0.2) is 0 Å². The van der Waals surface area contributed by atoms with Crippen LogP contribution in [0.4, 0.5) is 13.2 Å². The predicted octanol–water partition coefficient (Wildman–Crippen LogP) is 2.49. The van der Waals surface area contributed by atoms with E-state index in [1.54, 1.807) is 24.3 Å². The summed E-state index contributed by atoms with van der Waals surface area (Å²) >= 11 is 5.87. The third-order valence-electron chi connectivity index (χ3n) is 2.07. The first kappa shape index (κ1) is 13.3. The fourth-order valence-electron chi connectivity index (χ4n) is 1.32. The first-order chi connectivity index (χ1) is 7.44. The molecule has 0 heterocycles. The van der Waals surface area contributed by atoms with Gasteiger partial charge in [0.25, 0.3) is 0 Å². The Bertz CT molecular complexity index is 341. The molecule has 0 amide bonds. The van der Waals surface area contributed by atoms with Crippen molar-refractivity contribution in [3.05, 3.63) is 34.9 Å². The summed E-state index contributed by atoms with van der Waals surface area (Å²) in [6.07, 6.45) is -4.26. The van der Waals surface area contributed by atoms with Crippen LogP contribution in [0.25, 0.3) is 0 Å². The first-order valence-electron chi connectivity index (χ1n) is 4.68. The lowest BCUT2D eigenvalue weighted by atomic mass is 10.1. The molecular formula is C10H12ClF3N2. The van der Waals surface area contributed by atoms with Gasteiger partial charge in [-0.1, -0.05) is 29.8 Å². The van der Waals surface area contributed by atoms with Crippen LogP contribution in [0.3, 0.4) is 0 Å². The van der Waals surface area contributed by atoms with Gasteiger partial charge in [0.05, 0.1) is 6.54 Å². The molecule has 0 radical (unpaired) electrons. The maximum Gasteiger partial charge on any atom is 0.401 e. The lowest BCUT2D eigenvalue weighted by Gasteiger charge is -2.19. The van der Waals surface area contributed by atoms with Crippen LogP contribution in [-0.2, 0) is 0 Å². The normalized spacial score (nSPS) is 13.8. The van der Waals surface area contributed by atoms with E-state index in [0.717, 1.165) is 0 Å². The molecule has 6 heteroatoms. The van der Waals surface area contributed by atoms with E-state index >= 15 is 0 Å². The van der Waals surface area contributed by atoms with Crippen molar-refractivity contribution in [3.63, 3.8) is 0 Å². The van der Waals surface area contributed by atoms with Gasteiger partial charge in [0, 0.05) is 17.6 Å². The molecule has 1 rings (SSSR count). The summed E-state index contributed by atoms with van der Waals surface area (Å²) in [5, 5.41) is 2.74. The molecule has 0 bridgehead atoms. The second-order valence-electron chi connectivity index (χ2n) is 3.31. The van der Waals surface area contributed by atoms with Crippen molar-refractivity contribution in [2.45, 2.75) is 12.2 Å². The molecule has 0 fully saturated rings. The highest BCUT2D eigenvalue weighted by molar-refractivity contribution is 6.31. The quantitative estimate of drug-likeness (QED) is 0.864. The van der Waals surface area contributed by atoms with E-state index in [1.165, 1.54) is 0 Å². The molecule has 0 saturated heterocycles. The average molecular weight is 253 g/mol. The van der Waals surface area contributed by atoms with Gasteiger partial charge in [0.2, 0.25) is 0 Å².